The molecule has 138 valence electrons. The number of carbonyl (C=O) groups excluding carboxylic acids is 1. The summed E-state index contributed by atoms with van der Waals surface area (Å²) < 4.78 is 37.7. The molecule has 2 aromatic rings. The van der Waals surface area contributed by atoms with Gasteiger partial charge in [-0.05, 0) is 48.4 Å². The molecule has 0 saturated heterocycles. The van der Waals surface area contributed by atoms with Crippen molar-refractivity contribution in [3.8, 4) is 0 Å². The van der Waals surface area contributed by atoms with Crippen LogP contribution in [0.4, 0.5) is 10.1 Å². The molecule has 1 amide bonds. The number of hydrogen-bond acceptors (Lipinski definition) is 3. The van der Waals surface area contributed by atoms with Crippen LogP contribution >= 0.6 is 0 Å². The van der Waals surface area contributed by atoms with Gasteiger partial charge < -0.3 is 4.90 Å². The molecule has 1 N–H and O–H groups in total. The van der Waals surface area contributed by atoms with Crippen molar-refractivity contribution in [2.75, 3.05) is 18.0 Å². The highest BCUT2D eigenvalue weighted by Crippen LogP contribution is 2.19. The fourth-order valence-electron chi connectivity index (χ4n) is 2.32. The molecule has 0 unspecified atom stereocenters. The van der Waals surface area contributed by atoms with E-state index >= 15 is 0 Å². The first kappa shape index (κ1) is 19.7. The molecule has 0 aliphatic rings. The van der Waals surface area contributed by atoms with E-state index in [1.807, 2.05) is 6.92 Å². The minimum Gasteiger partial charge on any atom is -0.335 e. The Bertz CT molecular complexity index is 891. The molecule has 1 atom stereocenters. The van der Waals surface area contributed by atoms with Gasteiger partial charge >= 0.3 is 0 Å². The first-order valence-electron chi connectivity index (χ1n) is 7.94. The Morgan fingerprint density at radius 1 is 1.12 bits per heavy atom. The van der Waals surface area contributed by atoms with Crippen LogP contribution in [0.15, 0.2) is 54.6 Å². The van der Waals surface area contributed by atoms with E-state index in [2.05, 4.69) is 4.72 Å². The van der Waals surface area contributed by atoms with Gasteiger partial charge in [-0.3, -0.25) is 9.52 Å². The molecule has 7 heteroatoms. The van der Waals surface area contributed by atoms with Crippen molar-refractivity contribution >= 4 is 27.7 Å². The topological polar surface area (TPSA) is 66.5 Å². The van der Waals surface area contributed by atoms with E-state index in [1.165, 1.54) is 18.2 Å². The standard InChI is InChI=1S/C19H21FN2O3S/c1-14(16-7-9-17(20)10-8-16)22(2)19(23)13-6-15-4-11-18(12-5-15)21-26(3,24)25/h4-14,21H,1-3H3/b13-6+/t14-/m1/s1. The van der Waals surface area contributed by atoms with Gasteiger partial charge in [-0.25, -0.2) is 12.8 Å². The molecular formula is C19H21FN2O3S. The average Bonchev–Trinajstić information content (AvgIpc) is 2.59. The number of nitrogens with zero attached hydrogens (tertiary/aromatic N) is 1. The second-order valence-corrected chi connectivity index (χ2v) is 7.75. The summed E-state index contributed by atoms with van der Waals surface area (Å²) >= 11 is 0. The first-order chi connectivity index (χ1) is 12.2. The Hall–Kier alpha value is -2.67. The van der Waals surface area contributed by atoms with Crippen LogP contribution in [0.5, 0.6) is 0 Å². The summed E-state index contributed by atoms with van der Waals surface area (Å²) in [5.41, 5.74) is 2.06. The third kappa shape index (κ3) is 5.70. The predicted molar refractivity (Wildman–Crippen MR) is 102 cm³/mol. The number of halogens is 1. The third-order valence-electron chi connectivity index (χ3n) is 3.91. The predicted octanol–water partition coefficient (Wildman–Crippen LogP) is 3.43. The van der Waals surface area contributed by atoms with Crippen LogP contribution in [0.2, 0.25) is 0 Å². The number of nitrogens with one attached hydrogen (secondary N) is 1. The van der Waals surface area contributed by atoms with Gasteiger partial charge in [-0.1, -0.05) is 24.3 Å². The fraction of sp³-hybridized carbons (Fsp3) is 0.211. The highest BCUT2D eigenvalue weighted by Gasteiger charge is 2.15. The Balaban J connectivity index is 2.02. The van der Waals surface area contributed by atoms with Gasteiger partial charge in [0.2, 0.25) is 15.9 Å². The molecule has 5 nitrogen and oxygen atoms in total. The Morgan fingerprint density at radius 2 is 1.69 bits per heavy atom. The smallest absolute Gasteiger partial charge is 0.246 e. The molecule has 2 rings (SSSR count). The SMILES string of the molecule is C[C@H](c1ccc(F)cc1)N(C)C(=O)/C=C/c1ccc(NS(C)(=O)=O)cc1. The van der Waals surface area contributed by atoms with E-state index in [1.54, 1.807) is 54.4 Å². The van der Waals surface area contributed by atoms with Crippen LogP contribution in [-0.4, -0.2) is 32.5 Å². The maximum Gasteiger partial charge on any atom is 0.246 e. The van der Waals surface area contributed by atoms with E-state index in [-0.39, 0.29) is 17.8 Å². The zero-order valence-electron chi connectivity index (χ0n) is 14.8. The van der Waals surface area contributed by atoms with Gasteiger partial charge in [0.25, 0.3) is 0 Å². The molecule has 0 bridgehead atoms. The molecule has 0 spiro atoms. The number of anilines is 1. The van der Waals surface area contributed by atoms with Crippen LogP contribution in [0.25, 0.3) is 6.08 Å². The van der Waals surface area contributed by atoms with Gasteiger partial charge in [0, 0.05) is 18.8 Å². The fourth-order valence-corrected chi connectivity index (χ4v) is 2.88. The summed E-state index contributed by atoms with van der Waals surface area (Å²) in [6.45, 7) is 1.87. The molecular weight excluding hydrogens is 355 g/mol. The summed E-state index contributed by atoms with van der Waals surface area (Å²) in [5.74, 6) is -0.510. The number of benzene rings is 2. The van der Waals surface area contributed by atoms with E-state index in [4.69, 9.17) is 0 Å². The van der Waals surface area contributed by atoms with Crippen molar-refractivity contribution < 1.29 is 17.6 Å². The van der Waals surface area contributed by atoms with Crippen LogP contribution in [-0.2, 0) is 14.8 Å². The number of carbonyl (C=O) groups is 1. The van der Waals surface area contributed by atoms with Crippen molar-refractivity contribution in [2.45, 2.75) is 13.0 Å². The quantitative estimate of drug-likeness (QED) is 0.786. The van der Waals surface area contributed by atoms with Gasteiger partial charge in [-0.2, -0.15) is 0 Å². The van der Waals surface area contributed by atoms with E-state index in [9.17, 15) is 17.6 Å². The number of hydrogen-bond donors (Lipinski definition) is 1. The maximum atomic E-state index is 13.0. The summed E-state index contributed by atoms with van der Waals surface area (Å²) in [6, 6.07) is 12.5. The molecule has 0 radical (unpaired) electrons. The van der Waals surface area contributed by atoms with Crippen molar-refractivity contribution in [1.29, 1.82) is 0 Å². The van der Waals surface area contributed by atoms with Crippen LogP contribution in [0, 0.1) is 5.82 Å². The normalized spacial score (nSPS) is 12.8. The molecule has 0 saturated carbocycles. The Labute approximate surface area is 153 Å². The lowest BCUT2D eigenvalue weighted by Gasteiger charge is -2.24. The number of amides is 1. The zero-order valence-corrected chi connectivity index (χ0v) is 15.6. The van der Waals surface area contributed by atoms with Crippen LogP contribution in [0.1, 0.15) is 24.1 Å². The highest BCUT2D eigenvalue weighted by atomic mass is 32.2. The summed E-state index contributed by atoms with van der Waals surface area (Å²) in [5, 5.41) is 0. The van der Waals surface area contributed by atoms with Gasteiger partial charge in [0.15, 0.2) is 0 Å². The van der Waals surface area contributed by atoms with Crippen molar-refractivity contribution in [2.24, 2.45) is 0 Å². The molecule has 0 fully saturated rings. The van der Waals surface area contributed by atoms with Crippen molar-refractivity contribution in [3.63, 3.8) is 0 Å². The lowest BCUT2D eigenvalue weighted by atomic mass is 10.1. The second-order valence-electron chi connectivity index (χ2n) is 6.01. The highest BCUT2D eigenvalue weighted by molar-refractivity contribution is 7.92. The maximum absolute atomic E-state index is 13.0. The van der Waals surface area contributed by atoms with E-state index in [0.717, 1.165) is 17.4 Å². The molecule has 0 aliphatic carbocycles. The largest absolute Gasteiger partial charge is 0.335 e. The summed E-state index contributed by atoms with van der Waals surface area (Å²) in [6.07, 6.45) is 4.18. The average molecular weight is 376 g/mol. The molecule has 26 heavy (non-hydrogen) atoms. The Morgan fingerprint density at radius 3 is 2.23 bits per heavy atom. The lowest BCUT2D eigenvalue weighted by molar-refractivity contribution is -0.126. The third-order valence-corrected chi connectivity index (χ3v) is 4.52. The van der Waals surface area contributed by atoms with Gasteiger partial charge in [0.05, 0.1) is 12.3 Å². The second kappa shape index (κ2) is 8.14. The zero-order chi connectivity index (χ0) is 19.3. The van der Waals surface area contributed by atoms with Gasteiger partial charge in [-0.15, -0.1) is 0 Å². The van der Waals surface area contributed by atoms with E-state index < -0.39 is 10.0 Å². The van der Waals surface area contributed by atoms with Gasteiger partial charge in [0.1, 0.15) is 5.82 Å². The minimum atomic E-state index is -3.32. The first-order valence-corrected chi connectivity index (χ1v) is 9.83. The molecule has 0 aliphatic heterocycles. The van der Waals surface area contributed by atoms with Crippen LogP contribution < -0.4 is 4.72 Å². The minimum absolute atomic E-state index is 0.194. The van der Waals surface area contributed by atoms with Crippen LogP contribution in [0.3, 0.4) is 0 Å². The number of sulfonamides is 1. The summed E-state index contributed by atoms with van der Waals surface area (Å²) in [7, 11) is -1.64. The van der Waals surface area contributed by atoms with Crippen molar-refractivity contribution in [3.05, 3.63) is 71.6 Å². The lowest BCUT2D eigenvalue weighted by Crippen LogP contribution is -2.27. The monoisotopic (exact) mass is 376 g/mol. The summed E-state index contributed by atoms with van der Waals surface area (Å²) in [4.78, 5) is 13.9. The van der Waals surface area contributed by atoms with E-state index in [0.29, 0.717) is 5.69 Å². The molecule has 0 aromatic heterocycles. The number of rotatable bonds is 6. The molecule has 0 heterocycles. The Kier molecular flexibility index (Phi) is 6.15. The molecule has 2 aromatic carbocycles. The van der Waals surface area contributed by atoms with Crippen molar-refractivity contribution in [1.82, 2.24) is 4.90 Å². The number of likely N-dealkylation sites (N-methyl/N-ethyl adjacent to an activating group) is 1.